The molecule has 0 radical (unpaired) electrons. The lowest BCUT2D eigenvalue weighted by Gasteiger charge is -2.24. The van der Waals surface area contributed by atoms with Gasteiger partial charge in [0.2, 0.25) is 0 Å². The number of carbonyl (C=O) groups excluding carboxylic acids is 1. The van der Waals surface area contributed by atoms with Crippen LogP contribution < -0.4 is 5.73 Å². The zero-order valence-corrected chi connectivity index (χ0v) is 13.9. The van der Waals surface area contributed by atoms with Crippen molar-refractivity contribution in [3.8, 4) is 0 Å². The van der Waals surface area contributed by atoms with Gasteiger partial charge in [0.15, 0.2) is 0 Å². The van der Waals surface area contributed by atoms with Crippen molar-refractivity contribution in [3.63, 3.8) is 0 Å². The smallest absolute Gasteiger partial charge is 0.342 e. The highest BCUT2D eigenvalue weighted by molar-refractivity contribution is 5.92. The first-order chi connectivity index (χ1) is 11.2. The molecule has 0 spiro atoms. The first-order valence-corrected chi connectivity index (χ1v) is 7.80. The van der Waals surface area contributed by atoms with E-state index in [-0.39, 0.29) is 23.2 Å². The maximum absolute atomic E-state index is 10.7. The number of aromatic carboxylic acids is 1. The van der Waals surface area contributed by atoms with Crippen LogP contribution in [-0.4, -0.2) is 40.0 Å². The molecule has 2 rings (SSSR count). The lowest BCUT2D eigenvalue weighted by Crippen LogP contribution is -2.39. The molecule has 0 aliphatic carbocycles. The molecule has 1 fully saturated rings. The molecule has 8 nitrogen and oxygen atoms in total. The van der Waals surface area contributed by atoms with Crippen LogP contribution in [-0.2, 0) is 0 Å². The highest BCUT2D eigenvalue weighted by atomic mass is 16.6. The molecular formula is C16H23N3O5. The molecule has 0 unspecified atom stereocenters. The third-order valence-electron chi connectivity index (χ3n) is 3.78. The number of carbonyl (C=O) groups is 2. The van der Waals surface area contributed by atoms with Gasteiger partial charge in [-0.25, -0.2) is 9.59 Å². The highest BCUT2D eigenvalue weighted by Gasteiger charge is 2.20. The lowest BCUT2D eigenvalue weighted by atomic mass is 10.0. The summed E-state index contributed by atoms with van der Waals surface area (Å²) in [6, 6.07) is 3.92. The fourth-order valence-corrected chi connectivity index (χ4v) is 2.35. The number of carboxylic acid groups (broad SMARTS) is 1. The molecule has 0 atom stereocenters. The fraction of sp³-hybridized carbons (Fsp3) is 0.500. The third kappa shape index (κ3) is 5.53. The van der Waals surface area contributed by atoms with E-state index in [1.807, 2.05) is 13.8 Å². The minimum absolute atomic E-state index is 0.131. The Balaban J connectivity index is 0.000000272. The van der Waals surface area contributed by atoms with Crippen molar-refractivity contribution in [3.05, 3.63) is 39.4 Å². The van der Waals surface area contributed by atoms with Gasteiger partial charge >= 0.3 is 12.0 Å². The van der Waals surface area contributed by atoms with Crippen LogP contribution in [0.4, 0.5) is 10.5 Å². The largest absolute Gasteiger partial charge is 0.477 e. The second-order valence-electron chi connectivity index (χ2n) is 5.88. The van der Waals surface area contributed by atoms with Crippen LogP contribution >= 0.6 is 0 Å². The molecule has 8 heteroatoms. The average Bonchev–Trinajstić information content (AvgIpc) is 2.55. The van der Waals surface area contributed by atoms with E-state index >= 15 is 0 Å². The van der Waals surface area contributed by atoms with E-state index in [0.29, 0.717) is 0 Å². The van der Waals surface area contributed by atoms with Gasteiger partial charge in [0.05, 0.1) is 4.92 Å². The van der Waals surface area contributed by atoms with E-state index in [0.717, 1.165) is 31.5 Å². The van der Waals surface area contributed by atoms with Gasteiger partial charge in [-0.2, -0.15) is 0 Å². The second kappa shape index (κ2) is 8.85. The number of rotatable bonds is 3. The molecule has 24 heavy (non-hydrogen) atoms. The molecule has 0 bridgehead atoms. The van der Waals surface area contributed by atoms with Crippen molar-refractivity contribution in [1.29, 1.82) is 0 Å². The summed E-state index contributed by atoms with van der Waals surface area (Å²) < 4.78 is 0. The number of nitrogens with two attached hydrogens (primary N) is 1. The highest BCUT2D eigenvalue weighted by Crippen LogP contribution is 2.24. The maximum atomic E-state index is 10.7. The summed E-state index contributed by atoms with van der Waals surface area (Å²) in [5.41, 5.74) is 5.18. The summed E-state index contributed by atoms with van der Waals surface area (Å²) in [7, 11) is 0. The predicted octanol–water partition coefficient (Wildman–Crippen LogP) is 2.97. The number of piperidine rings is 1. The normalized spacial score (nSPS) is 13.9. The van der Waals surface area contributed by atoms with Crippen LogP contribution in [0.15, 0.2) is 18.2 Å². The van der Waals surface area contributed by atoms with E-state index in [1.165, 1.54) is 18.6 Å². The molecule has 1 aliphatic rings. The minimum atomic E-state index is -1.28. The number of nitro groups is 1. The van der Waals surface area contributed by atoms with E-state index in [1.54, 1.807) is 11.0 Å². The van der Waals surface area contributed by atoms with Crippen LogP contribution in [0.2, 0.25) is 0 Å². The van der Waals surface area contributed by atoms with Gasteiger partial charge in [-0.3, -0.25) is 10.1 Å². The van der Waals surface area contributed by atoms with Gasteiger partial charge in [-0.1, -0.05) is 19.9 Å². The quantitative estimate of drug-likeness (QED) is 0.647. The first-order valence-electron chi connectivity index (χ1n) is 7.80. The van der Waals surface area contributed by atoms with Crippen molar-refractivity contribution in [2.24, 2.45) is 5.73 Å². The number of nitrogens with zero attached hydrogens (tertiary/aromatic N) is 2. The van der Waals surface area contributed by atoms with Gasteiger partial charge in [-0.15, -0.1) is 0 Å². The summed E-state index contributed by atoms with van der Waals surface area (Å²) in [6.07, 6.45) is 3.47. The molecule has 2 amide bonds. The number of likely N-dealkylation sites (tertiary alicyclic amines) is 1. The Morgan fingerprint density at radius 1 is 1.25 bits per heavy atom. The van der Waals surface area contributed by atoms with Crippen LogP contribution in [0.3, 0.4) is 0 Å². The Labute approximate surface area is 140 Å². The first kappa shape index (κ1) is 19.4. The number of hydrogen-bond donors (Lipinski definition) is 2. The number of amides is 2. The maximum Gasteiger partial charge on any atom is 0.342 e. The van der Waals surface area contributed by atoms with Crippen molar-refractivity contribution in [1.82, 2.24) is 4.90 Å². The summed E-state index contributed by atoms with van der Waals surface area (Å²) >= 11 is 0. The molecule has 132 valence electrons. The Hall–Kier alpha value is -2.64. The van der Waals surface area contributed by atoms with E-state index < -0.39 is 10.9 Å². The SMILES string of the molecule is CC(C)c1ccc(C(=O)O)c([N+](=O)[O-])c1.NC(=O)N1CCCCC1. The molecule has 3 N–H and O–H groups in total. The molecule has 1 saturated heterocycles. The van der Waals surface area contributed by atoms with Crippen LogP contribution in [0.5, 0.6) is 0 Å². The Morgan fingerprint density at radius 2 is 1.83 bits per heavy atom. The summed E-state index contributed by atoms with van der Waals surface area (Å²) in [5, 5.41) is 19.4. The number of urea groups is 1. The predicted molar refractivity (Wildman–Crippen MR) is 89.2 cm³/mol. The Morgan fingerprint density at radius 3 is 2.21 bits per heavy atom. The van der Waals surface area contributed by atoms with Gasteiger partial charge in [-0.05, 0) is 36.8 Å². The Kier molecular flexibility index (Phi) is 7.16. The minimum Gasteiger partial charge on any atom is -0.477 e. The van der Waals surface area contributed by atoms with E-state index in [4.69, 9.17) is 10.8 Å². The zero-order valence-electron chi connectivity index (χ0n) is 13.9. The molecule has 1 aromatic rings. The second-order valence-corrected chi connectivity index (χ2v) is 5.88. The van der Waals surface area contributed by atoms with Crippen molar-refractivity contribution < 1.29 is 19.6 Å². The Bertz CT molecular complexity index is 610. The van der Waals surface area contributed by atoms with Crippen molar-refractivity contribution in [2.45, 2.75) is 39.0 Å². The molecule has 1 heterocycles. The van der Waals surface area contributed by atoms with E-state index in [2.05, 4.69) is 0 Å². The standard InChI is InChI=1S/C10H11NO4.C6H12N2O/c1-6(2)7-3-4-8(10(12)13)9(5-7)11(14)15;7-6(9)8-4-2-1-3-5-8/h3-6H,1-2H3,(H,12,13);1-5H2,(H2,7,9). The molecule has 0 saturated carbocycles. The van der Waals surface area contributed by atoms with Crippen LogP contribution in [0.25, 0.3) is 0 Å². The number of primary amides is 1. The topological polar surface area (TPSA) is 127 Å². The summed E-state index contributed by atoms with van der Waals surface area (Å²) in [5.74, 6) is -1.15. The monoisotopic (exact) mass is 337 g/mol. The van der Waals surface area contributed by atoms with Crippen molar-refractivity contribution >= 4 is 17.7 Å². The van der Waals surface area contributed by atoms with Gasteiger partial charge < -0.3 is 15.7 Å². The fourth-order valence-electron chi connectivity index (χ4n) is 2.35. The zero-order chi connectivity index (χ0) is 18.3. The summed E-state index contributed by atoms with van der Waals surface area (Å²) in [6.45, 7) is 5.49. The average molecular weight is 337 g/mol. The van der Waals surface area contributed by atoms with Gasteiger partial charge in [0.25, 0.3) is 5.69 Å². The molecule has 1 aliphatic heterocycles. The number of benzene rings is 1. The molecule has 1 aromatic carbocycles. The van der Waals surface area contributed by atoms with E-state index in [9.17, 15) is 19.7 Å². The van der Waals surface area contributed by atoms with Gasteiger partial charge in [0, 0.05) is 19.2 Å². The number of carboxylic acids is 1. The number of hydrogen-bond acceptors (Lipinski definition) is 4. The van der Waals surface area contributed by atoms with Crippen LogP contribution in [0, 0.1) is 10.1 Å². The van der Waals surface area contributed by atoms with Gasteiger partial charge in [0.1, 0.15) is 5.56 Å². The molecular weight excluding hydrogens is 314 g/mol. The van der Waals surface area contributed by atoms with Crippen molar-refractivity contribution in [2.75, 3.05) is 13.1 Å². The third-order valence-corrected chi connectivity index (χ3v) is 3.78. The summed E-state index contributed by atoms with van der Waals surface area (Å²) in [4.78, 5) is 32.9. The molecule has 0 aromatic heterocycles. The lowest BCUT2D eigenvalue weighted by molar-refractivity contribution is -0.385. The van der Waals surface area contributed by atoms with Crippen LogP contribution in [0.1, 0.15) is 54.9 Å². The number of nitro benzene ring substituents is 1.